The summed E-state index contributed by atoms with van der Waals surface area (Å²) in [7, 11) is 0. The second kappa shape index (κ2) is 6.51. The Labute approximate surface area is 131 Å². The zero-order chi connectivity index (χ0) is 16.3. The summed E-state index contributed by atoms with van der Waals surface area (Å²) in [6.45, 7) is 6.28. The van der Waals surface area contributed by atoms with Gasteiger partial charge in [-0.1, -0.05) is 51.1 Å². The summed E-state index contributed by atoms with van der Waals surface area (Å²) in [6.07, 6.45) is 2.08. The Morgan fingerprint density at radius 3 is 2.27 bits per heavy atom. The second-order valence-corrected chi connectivity index (χ2v) is 6.69. The van der Waals surface area contributed by atoms with Crippen LogP contribution in [-0.4, -0.2) is 23.0 Å². The van der Waals surface area contributed by atoms with Crippen molar-refractivity contribution in [1.82, 2.24) is 5.32 Å². The van der Waals surface area contributed by atoms with Crippen LogP contribution in [0.5, 0.6) is 0 Å². The van der Waals surface area contributed by atoms with E-state index < -0.39 is 11.9 Å². The van der Waals surface area contributed by atoms with Gasteiger partial charge in [-0.2, -0.15) is 0 Å². The van der Waals surface area contributed by atoms with Crippen LogP contribution < -0.4 is 5.32 Å². The van der Waals surface area contributed by atoms with E-state index in [0.717, 1.165) is 6.42 Å². The minimum Gasteiger partial charge on any atom is -0.481 e. The highest BCUT2D eigenvalue weighted by Crippen LogP contribution is 2.36. The lowest BCUT2D eigenvalue weighted by Crippen LogP contribution is -2.52. The molecular weight excluding hydrogens is 278 g/mol. The van der Waals surface area contributed by atoms with Crippen LogP contribution in [-0.2, 0) is 15.0 Å². The van der Waals surface area contributed by atoms with Gasteiger partial charge in [0.25, 0.3) is 0 Å². The molecule has 0 aromatic heterocycles. The number of carboxylic acid groups (broad SMARTS) is 1. The van der Waals surface area contributed by atoms with Crippen LogP contribution in [0.2, 0.25) is 0 Å². The van der Waals surface area contributed by atoms with E-state index in [9.17, 15) is 9.59 Å². The molecule has 2 rings (SSSR count). The Kier molecular flexibility index (Phi) is 4.89. The van der Waals surface area contributed by atoms with E-state index in [1.54, 1.807) is 0 Å². The highest BCUT2D eigenvalue weighted by molar-refractivity contribution is 5.86. The number of carboxylic acids is 1. The number of amides is 1. The standard InChI is InChI=1S/C18H25NO3/c1-4-15(18(2,3)12-8-6-5-7-9-12)19-16(20)13-10-11-14(13)17(21)22/h5-9,13-15H,4,10-11H2,1-3H3,(H,19,20)(H,21,22). The molecule has 0 spiro atoms. The van der Waals surface area contributed by atoms with Crippen LogP contribution in [0.3, 0.4) is 0 Å². The Morgan fingerprint density at radius 1 is 1.23 bits per heavy atom. The van der Waals surface area contributed by atoms with Crippen molar-refractivity contribution in [1.29, 1.82) is 0 Å². The van der Waals surface area contributed by atoms with E-state index in [-0.39, 0.29) is 23.3 Å². The zero-order valence-corrected chi connectivity index (χ0v) is 13.5. The molecule has 1 fully saturated rings. The number of hydrogen-bond acceptors (Lipinski definition) is 2. The molecule has 1 aliphatic carbocycles. The van der Waals surface area contributed by atoms with Crippen LogP contribution in [0.25, 0.3) is 0 Å². The average molecular weight is 303 g/mol. The summed E-state index contributed by atoms with van der Waals surface area (Å²) >= 11 is 0. The van der Waals surface area contributed by atoms with Crippen LogP contribution in [0.1, 0.15) is 45.6 Å². The molecule has 0 heterocycles. The van der Waals surface area contributed by atoms with Crippen LogP contribution >= 0.6 is 0 Å². The molecule has 1 aliphatic rings. The van der Waals surface area contributed by atoms with Crippen molar-refractivity contribution in [3.63, 3.8) is 0 Å². The molecule has 22 heavy (non-hydrogen) atoms. The maximum Gasteiger partial charge on any atom is 0.307 e. The fraction of sp³-hybridized carbons (Fsp3) is 0.556. The molecule has 1 aromatic carbocycles. The van der Waals surface area contributed by atoms with Gasteiger partial charge in [0, 0.05) is 11.5 Å². The first kappa shape index (κ1) is 16.5. The third-order valence-corrected chi connectivity index (χ3v) is 5.04. The zero-order valence-electron chi connectivity index (χ0n) is 13.5. The van der Waals surface area contributed by atoms with Crippen LogP contribution in [0.4, 0.5) is 0 Å². The number of carbonyl (C=O) groups excluding carboxylic acids is 1. The van der Waals surface area contributed by atoms with Crippen molar-refractivity contribution >= 4 is 11.9 Å². The largest absolute Gasteiger partial charge is 0.481 e. The SMILES string of the molecule is CCC(NC(=O)C1CCC1C(=O)O)C(C)(C)c1ccccc1. The molecule has 1 amide bonds. The summed E-state index contributed by atoms with van der Waals surface area (Å²) in [5, 5.41) is 12.2. The highest BCUT2D eigenvalue weighted by atomic mass is 16.4. The Hall–Kier alpha value is -1.84. The maximum absolute atomic E-state index is 12.4. The number of hydrogen-bond donors (Lipinski definition) is 2. The van der Waals surface area contributed by atoms with Crippen LogP contribution in [0.15, 0.2) is 30.3 Å². The Balaban J connectivity index is 2.09. The van der Waals surface area contributed by atoms with Crippen LogP contribution in [0, 0.1) is 11.8 Å². The van der Waals surface area contributed by atoms with E-state index in [2.05, 4.69) is 31.3 Å². The average Bonchev–Trinajstić information content (AvgIpc) is 2.43. The topological polar surface area (TPSA) is 66.4 Å². The molecule has 4 nitrogen and oxygen atoms in total. The number of benzene rings is 1. The molecule has 0 saturated heterocycles. The summed E-state index contributed by atoms with van der Waals surface area (Å²) in [6, 6.07) is 10.1. The molecule has 3 unspecified atom stereocenters. The first-order valence-corrected chi connectivity index (χ1v) is 7.96. The lowest BCUT2D eigenvalue weighted by Gasteiger charge is -2.38. The van der Waals surface area contributed by atoms with Gasteiger partial charge in [0.2, 0.25) is 5.91 Å². The normalized spacial score (nSPS) is 22.5. The molecule has 1 saturated carbocycles. The summed E-state index contributed by atoms with van der Waals surface area (Å²) < 4.78 is 0. The van der Waals surface area contributed by atoms with Crippen molar-refractivity contribution in [2.45, 2.75) is 51.5 Å². The molecule has 4 heteroatoms. The van der Waals surface area contributed by atoms with Gasteiger partial charge in [0.1, 0.15) is 0 Å². The second-order valence-electron chi connectivity index (χ2n) is 6.69. The van der Waals surface area contributed by atoms with Crippen molar-refractivity contribution in [2.75, 3.05) is 0 Å². The maximum atomic E-state index is 12.4. The molecule has 0 radical (unpaired) electrons. The van der Waals surface area contributed by atoms with Crippen molar-refractivity contribution in [3.05, 3.63) is 35.9 Å². The van der Waals surface area contributed by atoms with Gasteiger partial charge in [-0.05, 0) is 24.8 Å². The minimum atomic E-state index is -0.859. The molecule has 0 aliphatic heterocycles. The first-order chi connectivity index (χ1) is 10.4. The van der Waals surface area contributed by atoms with Crippen molar-refractivity contribution in [3.8, 4) is 0 Å². The third kappa shape index (κ3) is 3.16. The van der Waals surface area contributed by atoms with Gasteiger partial charge in [0.05, 0.1) is 11.8 Å². The van der Waals surface area contributed by atoms with Gasteiger partial charge in [-0.3, -0.25) is 9.59 Å². The smallest absolute Gasteiger partial charge is 0.307 e. The number of carbonyl (C=O) groups is 2. The predicted octanol–water partition coefficient (Wildman–Crippen LogP) is 2.97. The quantitative estimate of drug-likeness (QED) is 0.849. The summed E-state index contributed by atoms with van der Waals surface area (Å²) in [4.78, 5) is 23.5. The molecule has 2 N–H and O–H groups in total. The monoisotopic (exact) mass is 303 g/mol. The van der Waals surface area contributed by atoms with E-state index >= 15 is 0 Å². The van der Waals surface area contributed by atoms with Gasteiger partial charge >= 0.3 is 5.97 Å². The van der Waals surface area contributed by atoms with Gasteiger partial charge in [-0.25, -0.2) is 0 Å². The fourth-order valence-corrected chi connectivity index (χ4v) is 3.25. The van der Waals surface area contributed by atoms with E-state index in [1.165, 1.54) is 5.56 Å². The predicted molar refractivity (Wildman–Crippen MR) is 85.5 cm³/mol. The van der Waals surface area contributed by atoms with E-state index in [4.69, 9.17) is 5.11 Å². The van der Waals surface area contributed by atoms with Gasteiger partial charge in [0.15, 0.2) is 0 Å². The van der Waals surface area contributed by atoms with Gasteiger partial charge < -0.3 is 10.4 Å². The first-order valence-electron chi connectivity index (χ1n) is 7.96. The molecule has 3 atom stereocenters. The molecule has 0 bridgehead atoms. The molecule has 120 valence electrons. The highest BCUT2D eigenvalue weighted by Gasteiger charge is 2.43. The van der Waals surface area contributed by atoms with E-state index in [1.807, 2.05) is 25.1 Å². The third-order valence-electron chi connectivity index (χ3n) is 5.04. The van der Waals surface area contributed by atoms with Gasteiger partial charge in [-0.15, -0.1) is 0 Å². The summed E-state index contributed by atoms with van der Waals surface area (Å²) in [5.41, 5.74) is 0.972. The lowest BCUT2D eigenvalue weighted by atomic mass is 9.72. The van der Waals surface area contributed by atoms with Crippen molar-refractivity contribution < 1.29 is 14.7 Å². The number of aliphatic carboxylic acids is 1. The lowest BCUT2D eigenvalue weighted by molar-refractivity contribution is -0.153. The molecular formula is C18H25NO3. The van der Waals surface area contributed by atoms with Crippen molar-refractivity contribution in [2.24, 2.45) is 11.8 Å². The molecule has 1 aromatic rings. The number of rotatable bonds is 6. The summed E-state index contributed by atoms with van der Waals surface area (Å²) in [5.74, 6) is -1.87. The number of nitrogens with one attached hydrogen (secondary N) is 1. The fourth-order valence-electron chi connectivity index (χ4n) is 3.25. The van der Waals surface area contributed by atoms with E-state index in [0.29, 0.717) is 12.8 Å². The Morgan fingerprint density at radius 2 is 1.82 bits per heavy atom. The minimum absolute atomic E-state index is 0.0163. The Bertz CT molecular complexity index is 539.